The fraction of sp³-hybridized carbons (Fsp3) is 0.923. The number of aliphatic hydroxyl groups excluding tert-OH is 1. The first kappa shape index (κ1) is 15.6. The fourth-order valence-electron chi connectivity index (χ4n) is 1.69. The highest BCUT2D eigenvalue weighted by Crippen LogP contribution is 2.27. The van der Waals surface area contributed by atoms with Crippen LogP contribution in [0.25, 0.3) is 0 Å². The van der Waals surface area contributed by atoms with Crippen molar-refractivity contribution < 1.29 is 14.6 Å². The molecule has 96 valence electrons. The molecular formula is C13H26O3. The maximum Gasteiger partial charge on any atom is 0.140 e. The van der Waals surface area contributed by atoms with E-state index in [4.69, 9.17) is 4.74 Å². The van der Waals surface area contributed by atoms with Gasteiger partial charge in [-0.05, 0) is 5.41 Å². The van der Waals surface area contributed by atoms with Gasteiger partial charge in [-0.3, -0.25) is 4.79 Å². The number of rotatable bonds is 4. The average molecular weight is 230 g/mol. The number of aliphatic hydroxyl groups is 1. The van der Waals surface area contributed by atoms with E-state index < -0.39 is 11.5 Å². The molecule has 0 fully saturated rings. The summed E-state index contributed by atoms with van der Waals surface area (Å²) in [6.07, 6.45) is -0.908. The molecule has 3 nitrogen and oxygen atoms in total. The van der Waals surface area contributed by atoms with Crippen LogP contribution in [0.4, 0.5) is 0 Å². The molecule has 1 N–H and O–H groups in total. The lowest BCUT2D eigenvalue weighted by Crippen LogP contribution is -2.41. The summed E-state index contributed by atoms with van der Waals surface area (Å²) in [5.74, 6) is 0.0614. The van der Waals surface area contributed by atoms with Crippen LogP contribution in [0.15, 0.2) is 0 Å². The molecule has 0 unspecified atom stereocenters. The minimum Gasteiger partial charge on any atom is -0.390 e. The lowest BCUT2D eigenvalue weighted by Gasteiger charge is -2.33. The number of ketones is 1. The van der Waals surface area contributed by atoms with Crippen LogP contribution in [-0.4, -0.2) is 30.2 Å². The molecule has 0 saturated heterocycles. The van der Waals surface area contributed by atoms with Gasteiger partial charge in [0.25, 0.3) is 0 Å². The number of carbonyl (C=O) groups is 1. The highest BCUT2D eigenvalue weighted by molar-refractivity contribution is 5.84. The van der Waals surface area contributed by atoms with E-state index in [0.29, 0.717) is 0 Å². The Kier molecular flexibility index (Phi) is 5.15. The number of Topliss-reactive ketones (excluding diaryl/α,β-unsaturated/α-hetero) is 1. The lowest BCUT2D eigenvalue weighted by atomic mass is 9.81. The maximum absolute atomic E-state index is 11.8. The van der Waals surface area contributed by atoms with Gasteiger partial charge in [0, 0.05) is 18.9 Å². The minimum atomic E-state index is -0.739. The molecule has 0 aromatic rings. The molecule has 0 saturated carbocycles. The summed E-state index contributed by atoms with van der Waals surface area (Å²) in [4.78, 5) is 11.8. The molecule has 0 radical (unpaired) electrons. The van der Waals surface area contributed by atoms with Crippen LogP contribution in [0.1, 0.15) is 48.0 Å². The van der Waals surface area contributed by atoms with Gasteiger partial charge < -0.3 is 9.84 Å². The van der Waals surface area contributed by atoms with Crippen LogP contribution in [0.3, 0.4) is 0 Å². The zero-order valence-corrected chi connectivity index (χ0v) is 11.6. The first-order valence-electron chi connectivity index (χ1n) is 5.74. The Hall–Kier alpha value is -0.410. The van der Waals surface area contributed by atoms with Gasteiger partial charge >= 0.3 is 0 Å². The highest BCUT2D eigenvalue weighted by atomic mass is 16.5. The van der Waals surface area contributed by atoms with Crippen molar-refractivity contribution in [3.8, 4) is 0 Å². The van der Waals surface area contributed by atoms with Gasteiger partial charge in [0.15, 0.2) is 0 Å². The van der Waals surface area contributed by atoms with Crippen molar-refractivity contribution in [2.45, 2.75) is 60.2 Å². The third kappa shape index (κ3) is 4.62. The van der Waals surface area contributed by atoms with Crippen molar-refractivity contribution in [2.75, 3.05) is 7.11 Å². The second-order valence-corrected chi connectivity index (χ2v) is 6.47. The Morgan fingerprint density at radius 2 is 1.62 bits per heavy atom. The van der Waals surface area contributed by atoms with Gasteiger partial charge in [0.05, 0.1) is 12.2 Å². The molecule has 0 heterocycles. The Balaban J connectivity index is 4.57. The predicted molar refractivity (Wildman–Crippen MR) is 65.3 cm³/mol. The SMILES string of the molecule is CO[C@@H]([C@H](O)CC(=O)C(C)(C)C)C(C)(C)C. The zero-order valence-electron chi connectivity index (χ0n) is 11.6. The van der Waals surface area contributed by atoms with Crippen molar-refractivity contribution >= 4 is 5.78 Å². The standard InChI is InChI=1S/C13H26O3/c1-12(2,3)10(15)8-9(14)11(16-7)13(4,5)6/h9,11,14H,8H2,1-7H3/t9-,11+/m1/s1. The largest absolute Gasteiger partial charge is 0.390 e. The van der Waals surface area contributed by atoms with E-state index in [1.54, 1.807) is 7.11 Å². The maximum atomic E-state index is 11.8. The van der Waals surface area contributed by atoms with E-state index in [0.717, 1.165) is 0 Å². The second-order valence-electron chi connectivity index (χ2n) is 6.47. The summed E-state index contributed by atoms with van der Waals surface area (Å²) in [5.41, 5.74) is -0.580. The van der Waals surface area contributed by atoms with Crippen molar-refractivity contribution in [3.63, 3.8) is 0 Å². The molecule has 0 aliphatic carbocycles. The number of methoxy groups -OCH3 is 1. The normalized spacial score (nSPS) is 17.0. The number of ether oxygens (including phenoxy) is 1. The molecular weight excluding hydrogens is 204 g/mol. The van der Waals surface area contributed by atoms with E-state index in [2.05, 4.69) is 0 Å². The number of carbonyl (C=O) groups excluding carboxylic acids is 1. The molecule has 0 aromatic carbocycles. The van der Waals surface area contributed by atoms with E-state index >= 15 is 0 Å². The van der Waals surface area contributed by atoms with Crippen LogP contribution in [0.2, 0.25) is 0 Å². The zero-order chi connectivity index (χ0) is 13.1. The van der Waals surface area contributed by atoms with Crippen LogP contribution in [-0.2, 0) is 9.53 Å². The van der Waals surface area contributed by atoms with Gasteiger partial charge in [-0.25, -0.2) is 0 Å². The molecule has 0 amide bonds. The first-order valence-corrected chi connectivity index (χ1v) is 5.74. The smallest absolute Gasteiger partial charge is 0.140 e. The van der Waals surface area contributed by atoms with Crippen molar-refractivity contribution in [3.05, 3.63) is 0 Å². The van der Waals surface area contributed by atoms with Gasteiger partial charge in [0.2, 0.25) is 0 Å². The van der Waals surface area contributed by atoms with Crippen LogP contribution < -0.4 is 0 Å². The van der Waals surface area contributed by atoms with E-state index in [1.807, 2.05) is 41.5 Å². The molecule has 0 bridgehead atoms. The fourth-order valence-corrected chi connectivity index (χ4v) is 1.69. The van der Waals surface area contributed by atoms with Gasteiger partial charge in [-0.1, -0.05) is 41.5 Å². The molecule has 0 aromatic heterocycles. The summed E-state index contributed by atoms with van der Waals surface area (Å²) in [7, 11) is 1.57. The molecule has 0 rings (SSSR count). The summed E-state index contributed by atoms with van der Waals surface area (Å²) in [5, 5.41) is 10.0. The molecule has 16 heavy (non-hydrogen) atoms. The third-order valence-corrected chi connectivity index (χ3v) is 2.69. The monoisotopic (exact) mass is 230 g/mol. The lowest BCUT2D eigenvalue weighted by molar-refractivity contribution is -0.133. The third-order valence-electron chi connectivity index (χ3n) is 2.69. The second kappa shape index (κ2) is 5.28. The quantitative estimate of drug-likeness (QED) is 0.806. The number of hydrogen-bond donors (Lipinski definition) is 1. The Labute approximate surface area is 99.2 Å². The number of hydrogen-bond acceptors (Lipinski definition) is 3. The van der Waals surface area contributed by atoms with Crippen LogP contribution >= 0.6 is 0 Å². The molecule has 2 atom stereocenters. The van der Waals surface area contributed by atoms with Crippen molar-refractivity contribution in [1.29, 1.82) is 0 Å². The Bertz CT molecular complexity index is 233. The van der Waals surface area contributed by atoms with Crippen LogP contribution in [0.5, 0.6) is 0 Å². The average Bonchev–Trinajstić information content (AvgIpc) is 2.00. The summed E-state index contributed by atoms with van der Waals surface area (Å²) >= 11 is 0. The topological polar surface area (TPSA) is 46.5 Å². The van der Waals surface area contributed by atoms with Gasteiger partial charge in [-0.2, -0.15) is 0 Å². The molecule has 0 aliphatic heterocycles. The van der Waals surface area contributed by atoms with Gasteiger partial charge in [0.1, 0.15) is 5.78 Å². The van der Waals surface area contributed by atoms with E-state index in [-0.39, 0.29) is 23.7 Å². The molecule has 3 heteroatoms. The Morgan fingerprint density at radius 3 is 1.88 bits per heavy atom. The summed E-state index contributed by atoms with van der Waals surface area (Å²) in [6, 6.07) is 0. The van der Waals surface area contributed by atoms with Crippen molar-refractivity contribution in [2.24, 2.45) is 10.8 Å². The first-order chi connectivity index (χ1) is 7.00. The van der Waals surface area contributed by atoms with Gasteiger partial charge in [-0.15, -0.1) is 0 Å². The summed E-state index contributed by atoms with van der Waals surface area (Å²) in [6.45, 7) is 11.6. The van der Waals surface area contributed by atoms with E-state index in [1.165, 1.54) is 0 Å². The molecule has 0 aliphatic rings. The molecule has 0 spiro atoms. The van der Waals surface area contributed by atoms with Crippen molar-refractivity contribution in [1.82, 2.24) is 0 Å². The Morgan fingerprint density at radius 1 is 1.19 bits per heavy atom. The van der Waals surface area contributed by atoms with E-state index in [9.17, 15) is 9.90 Å². The minimum absolute atomic E-state index is 0.0614. The highest BCUT2D eigenvalue weighted by Gasteiger charge is 2.34. The predicted octanol–water partition coefficient (Wildman–Crippen LogP) is 2.41. The summed E-state index contributed by atoms with van der Waals surface area (Å²) < 4.78 is 5.29. The van der Waals surface area contributed by atoms with Crippen LogP contribution in [0, 0.1) is 10.8 Å².